The summed E-state index contributed by atoms with van der Waals surface area (Å²) in [7, 11) is 2.55. The number of anilines is 1. The van der Waals surface area contributed by atoms with Gasteiger partial charge in [-0.25, -0.2) is 8.42 Å². The van der Waals surface area contributed by atoms with E-state index in [1.54, 1.807) is 6.07 Å². The van der Waals surface area contributed by atoms with Crippen LogP contribution in [0.3, 0.4) is 0 Å². The van der Waals surface area contributed by atoms with Gasteiger partial charge in [0.2, 0.25) is 0 Å². The third-order valence-corrected chi connectivity index (χ3v) is 4.65. The summed E-state index contributed by atoms with van der Waals surface area (Å²) in [6.07, 6.45) is 0. The third-order valence-electron chi connectivity index (χ3n) is 1.58. The molecule has 1 aromatic rings. The molecule has 0 aliphatic heterocycles. The lowest BCUT2D eigenvalue weighted by Crippen LogP contribution is -2.29. The highest BCUT2D eigenvalue weighted by molar-refractivity contribution is 7.99. The van der Waals surface area contributed by atoms with Crippen LogP contribution in [-0.4, -0.2) is 22.6 Å². The predicted octanol–water partition coefficient (Wildman–Crippen LogP) is 1.31. The molecular formula is C7H11NO4S3. The number of rotatable bonds is 5. The molecule has 1 heterocycles. The summed E-state index contributed by atoms with van der Waals surface area (Å²) in [6.45, 7) is 1.84. The molecule has 2 unspecified atom stereocenters. The molecule has 0 radical (unpaired) electrons. The second-order valence-electron chi connectivity index (χ2n) is 2.39. The molecule has 0 aromatic carbocycles. The van der Waals surface area contributed by atoms with Crippen molar-refractivity contribution in [2.75, 3.05) is 17.9 Å². The van der Waals surface area contributed by atoms with Gasteiger partial charge in [-0.2, -0.15) is 3.71 Å². The fourth-order valence-corrected chi connectivity index (χ4v) is 3.46. The van der Waals surface area contributed by atoms with Crippen LogP contribution < -0.4 is 3.71 Å². The van der Waals surface area contributed by atoms with Crippen molar-refractivity contribution < 1.29 is 16.8 Å². The third kappa shape index (κ3) is 2.85. The lowest BCUT2D eigenvalue weighted by molar-refractivity contribution is 0.434. The van der Waals surface area contributed by atoms with E-state index in [9.17, 15) is 8.42 Å². The van der Waals surface area contributed by atoms with Gasteiger partial charge >= 0.3 is 0 Å². The van der Waals surface area contributed by atoms with E-state index in [2.05, 4.69) is 8.37 Å². The van der Waals surface area contributed by atoms with E-state index < -0.39 is 22.5 Å². The Morgan fingerprint density at radius 1 is 1.27 bits per heavy atom. The Balaban J connectivity index is 3.07. The summed E-state index contributed by atoms with van der Waals surface area (Å²) >= 11 is -2.17. The van der Waals surface area contributed by atoms with Crippen LogP contribution in [0.15, 0.2) is 11.4 Å². The molecule has 0 spiro atoms. The molecule has 0 N–H and O–H groups in total. The molecule has 15 heavy (non-hydrogen) atoms. The van der Waals surface area contributed by atoms with E-state index in [0.717, 1.165) is 8.59 Å². The predicted molar refractivity (Wildman–Crippen MR) is 61.8 cm³/mol. The fourth-order valence-electron chi connectivity index (χ4n) is 0.913. The molecule has 1 rings (SSSR count). The van der Waals surface area contributed by atoms with Crippen molar-refractivity contribution in [3.63, 3.8) is 0 Å². The number of nitrogens with zero attached hydrogens (tertiary/aromatic N) is 1. The summed E-state index contributed by atoms with van der Waals surface area (Å²) < 4.78 is 33.4. The summed E-state index contributed by atoms with van der Waals surface area (Å²) in [5, 5.41) is 1.82. The van der Waals surface area contributed by atoms with Crippen molar-refractivity contribution in [1.82, 2.24) is 0 Å². The molecule has 0 amide bonds. The molecule has 8 heteroatoms. The summed E-state index contributed by atoms with van der Waals surface area (Å²) in [6, 6.07) is 1.72. The monoisotopic (exact) mass is 269 g/mol. The Hall–Kier alpha value is -0.280. The Kier molecular flexibility index (Phi) is 4.87. The first-order valence-corrected chi connectivity index (χ1v) is 6.83. The highest BCUT2D eigenvalue weighted by Gasteiger charge is 2.23. The lowest BCUT2D eigenvalue weighted by atomic mass is 10.4. The Morgan fingerprint density at radius 2 is 1.80 bits per heavy atom. The minimum atomic E-state index is -1.82. The normalized spacial score (nSPS) is 14.9. The number of hydrogen-bond acceptors (Lipinski definition) is 5. The zero-order valence-electron chi connectivity index (χ0n) is 8.46. The van der Waals surface area contributed by atoms with Crippen molar-refractivity contribution >= 4 is 39.6 Å². The second-order valence-corrected chi connectivity index (χ2v) is 6.00. The van der Waals surface area contributed by atoms with Gasteiger partial charge in [0.05, 0.1) is 19.9 Å². The van der Waals surface area contributed by atoms with Gasteiger partial charge < -0.3 is 0 Å². The molecule has 0 aliphatic rings. The maximum atomic E-state index is 11.5. The molecule has 0 fully saturated rings. The lowest BCUT2D eigenvalue weighted by Gasteiger charge is -2.17. The fraction of sp³-hybridized carbons (Fsp3) is 0.429. The molecule has 0 bridgehead atoms. The van der Waals surface area contributed by atoms with Crippen LogP contribution in [0, 0.1) is 6.92 Å². The van der Waals surface area contributed by atoms with E-state index in [0.29, 0.717) is 5.69 Å². The first-order valence-electron chi connectivity index (χ1n) is 3.88. The van der Waals surface area contributed by atoms with Crippen LogP contribution in [0.4, 0.5) is 5.69 Å². The molecule has 0 saturated carbocycles. The average Bonchev–Trinajstić information content (AvgIpc) is 2.64. The van der Waals surface area contributed by atoms with Crippen LogP contribution in [0.25, 0.3) is 0 Å². The Bertz CT molecular complexity index is 362. The molecular weight excluding hydrogens is 258 g/mol. The van der Waals surface area contributed by atoms with Crippen molar-refractivity contribution in [3.05, 3.63) is 16.3 Å². The van der Waals surface area contributed by atoms with Crippen molar-refractivity contribution in [1.29, 1.82) is 0 Å². The second kappa shape index (κ2) is 5.71. The minimum absolute atomic E-state index is 0.584. The van der Waals surface area contributed by atoms with Gasteiger partial charge in [0, 0.05) is 4.88 Å². The minimum Gasteiger partial charge on any atom is -0.276 e. The van der Waals surface area contributed by atoms with E-state index in [4.69, 9.17) is 0 Å². The van der Waals surface area contributed by atoms with E-state index in [-0.39, 0.29) is 0 Å². The Labute approximate surface area is 97.6 Å². The van der Waals surface area contributed by atoms with Crippen LogP contribution in [-0.2, 0) is 30.9 Å². The Morgan fingerprint density at radius 3 is 2.13 bits per heavy atom. The zero-order chi connectivity index (χ0) is 11.4. The summed E-state index contributed by atoms with van der Waals surface area (Å²) in [5.74, 6) is 0. The first-order chi connectivity index (χ1) is 7.11. The molecule has 1 aromatic heterocycles. The van der Waals surface area contributed by atoms with Gasteiger partial charge in [0.15, 0.2) is 0 Å². The maximum absolute atomic E-state index is 11.5. The first kappa shape index (κ1) is 12.8. The molecule has 2 atom stereocenters. The topological polar surface area (TPSA) is 55.8 Å². The van der Waals surface area contributed by atoms with Gasteiger partial charge in [-0.15, -0.1) is 11.3 Å². The van der Waals surface area contributed by atoms with Gasteiger partial charge in [-0.3, -0.25) is 8.37 Å². The van der Waals surface area contributed by atoms with Crippen molar-refractivity contribution in [3.8, 4) is 0 Å². The summed E-state index contributed by atoms with van der Waals surface area (Å²) in [4.78, 5) is 0.894. The van der Waals surface area contributed by atoms with Crippen LogP contribution in [0.2, 0.25) is 0 Å². The summed E-state index contributed by atoms with van der Waals surface area (Å²) in [5.41, 5.74) is 0.584. The molecule has 0 aliphatic carbocycles. The number of thiophene rings is 1. The van der Waals surface area contributed by atoms with Crippen LogP contribution >= 0.6 is 11.3 Å². The van der Waals surface area contributed by atoms with Gasteiger partial charge in [-0.05, 0) is 18.4 Å². The van der Waals surface area contributed by atoms with Crippen LogP contribution in [0.5, 0.6) is 0 Å². The molecule has 86 valence electrons. The van der Waals surface area contributed by atoms with Crippen LogP contribution in [0.1, 0.15) is 4.88 Å². The average molecular weight is 269 g/mol. The number of hydrogen-bond donors (Lipinski definition) is 0. The quantitative estimate of drug-likeness (QED) is 0.809. The largest absolute Gasteiger partial charge is 0.278 e. The maximum Gasteiger partial charge on any atom is 0.278 e. The highest BCUT2D eigenvalue weighted by atomic mass is 32.3. The number of aryl methyl sites for hydroxylation is 1. The molecule has 0 saturated heterocycles. The van der Waals surface area contributed by atoms with Gasteiger partial charge in [0.1, 0.15) is 0 Å². The van der Waals surface area contributed by atoms with Crippen molar-refractivity contribution in [2.45, 2.75) is 6.92 Å². The van der Waals surface area contributed by atoms with E-state index in [1.807, 2.05) is 12.3 Å². The molecule has 5 nitrogen and oxygen atoms in total. The van der Waals surface area contributed by atoms with Crippen molar-refractivity contribution in [2.24, 2.45) is 0 Å². The van der Waals surface area contributed by atoms with E-state index >= 15 is 0 Å². The zero-order valence-corrected chi connectivity index (χ0v) is 10.9. The highest BCUT2D eigenvalue weighted by Crippen LogP contribution is 2.27. The standard InChI is InChI=1S/C7H11NO4S3/c1-6-7(4-5-13-6)8(14(9)11-2)15(10)12-3/h4-5H,1-3H3. The van der Waals surface area contributed by atoms with Gasteiger partial charge in [-0.1, -0.05) is 0 Å². The van der Waals surface area contributed by atoms with Gasteiger partial charge in [0.25, 0.3) is 22.5 Å². The van der Waals surface area contributed by atoms with E-state index in [1.165, 1.54) is 25.6 Å². The smallest absolute Gasteiger partial charge is 0.276 e. The SMILES string of the molecule is COS(=O)N(c1ccsc1C)S(=O)OC.